The zero-order valence-corrected chi connectivity index (χ0v) is 13.4. The Bertz CT molecular complexity index is 482. The van der Waals surface area contributed by atoms with Crippen LogP contribution >= 0.6 is 11.3 Å². The third-order valence-electron chi connectivity index (χ3n) is 3.28. The number of furan rings is 1. The summed E-state index contributed by atoms with van der Waals surface area (Å²) in [5, 5.41) is 14.4. The molecule has 0 aliphatic carbocycles. The predicted octanol–water partition coefficient (Wildman–Crippen LogP) is 3.13. The summed E-state index contributed by atoms with van der Waals surface area (Å²) in [7, 11) is 0. The largest absolute Gasteiger partial charge is 0.467 e. The van der Waals surface area contributed by atoms with Gasteiger partial charge in [0.2, 0.25) is 0 Å². The van der Waals surface area contributed by atoms with Crippen molar-refractivity contribution in [2.45, 2.75) is 39.1 Å². The molecule has 116 valence electrons. The molecule has 4 nitrogen and oxygen atoms in total. The van der Waals surface area contributed by atoms with E-state index in [1.165, 1.54) is 5.56 Å². The summed E-state index contributed by atoms with van der Waals surface area (Å²) in [6, 6.07) is 6.20. The molecule has 0 aliphatic heterocycles. The number of thiophene rings is 1. The van der Waals surface area contributed by atoms with Crippen LogP contribution < -0.4 is 0 Å². The average Bonchev–Trinajstić information content (AvgIpc) is 3.10. The van der Waals surface area contributed by atoms with Crippen LogP contribution in [-0.4, -0.2) is 35.3 Å². The van der Waals surface area contributed by atoms with Crippen molar-refractivity contribution in [2.75, 3.05) is 13.2 Å². The van der Waals surface area contributed by atoms with Crippen LogP contribution in [0, 0.1) is 0 Å². The van der Waals surface area contributed by atoms with Gasteiger partial charge in [-0.15, -0.1) is 0 Å². The lowest BCUT2D eigenvalue weighted by molar-refractivity contribution is -0.00113. The van der Waals surface area contributed by atoms with Gasteiger partial charge in [0.15, 0.2) is 0 Å². The van der Waals surface area contributed by atoms with E-state index < -0.39 is 6.10 Å². The molecule has 5 heteroatoms. The summed E-state index contributed by atoms with van der Waals surface area (Å²) in [5.74, 6) is 0.779. The topological polar surface area (TPSA) is 45.8 Å². The average molecular weight is 309 g/mol. The molecule has 0 saturated carbocycles. The molecule has 0 aliphatic rings. The van der Waals surface area contributed by atoms with Gasteiger partial charge in [0.25, 0.3) is 0 Å². The second-order valence-corrected chi connectivity index (χ2v) is 6.18. The molecule has 0 aromatic carbocycles. The van der Waals surface area contributed by atoms with Crippen LogP contribution in [0.3, 0.4) is 0 Å². The minimum absolute atomic E-state index is 0.313. The van der Waals surface area contributed by atoms with Gasteiger partial charge in [-0.1, -0.05) is 0 Å². The van der Waals surface area contributed by atoms with Crippen LogP contribution in [0.1, 0.15) is 25.2 Å². The van der Waals surface area contributed by atoms with E-state index in [9.17, 15) is 5.11 Å². The fourth-order valence-electron chi connectivity index (χ4n) is 2.09. The second kappa shape index (κ2) is 8.34. The maximum absolute atomic E-state index is 10.1. The van der Waals surface area contributed by atoms with Crippen molar-refractivity contribution in [3.05, 3.63) is 46.5 Å². The molecule has 2 aromatic rings. The first-order valence-electron chi connectivity index (χ1n) is 7.18. The van der Waals surface area contributed by atoms with Crippen LogP contribution in [0.2, 0.25) is 0 Å². The minimum atomic E-state index is -0.499. The molecule has 1 atom stereocenters. The SMILES string of the molecule is CC(C)N(Cc1ccsc1)C[C@H](O)COCc1ccco1. The standard InChI is InChI=1S/C16H23NO3S/c1-13(2)17(8-14-5-7-21-12-14)9-15(18)10-19-11-16-4-3-6-20-16/h3-7,12-13,15,18H,8-11H2,1-2H3/t15-/m0/s1. The number of rotatable bonds is 9. The quantitative estimate of drug-likeness (QED) is 0.773. The number of ether oxygens (including phenoxy) is 1. The minimum Gasteiger partial charge on any atom is -0.467 e. The Balaban J connectivity index is 1.74. The van der Waals surface area contributed by atoms with Gasteiger partial charge in [-0.25, -0.2) is 0 Å². The Morgan fingerprint density at radius 1 is 1.38 bits per heavy atom. The molecule has 21 heavy (non-hydrogen) atoms. The van der Waals surface area contributed by atoms with E-state index in [-0.39, 0.29) is 0 Å². The van der Waals surface area contributed by atoms with Gasteiger partial charge in [0.05, 0.1) is 19.0 Å². The highest BCUT2D eigenvalue weighted by Crippen LogP contribution is 2.12. The molecule has 2 rings (SSSR count). The molecule has 2 aromatic heterocycles. The Morgan fingerprint density at radius 3 is 2.86 bits per heavy atom. The molecule has 0 fully saturated rings. The molecule has 0 bridgehead atoms. The summed E-state index contributed by atoms with van der Waals surface area (Å²) in [4.78, 5) is 2.25. The molecule has 0 spiro atoms. The number of aliphatic hydroxyl groups is 1. The second-order valence-electron chi connectivity index (χ2n) is 5.40. The Morgan fingerprint density at radius 2 is 2.24 bits per heavy atom. The molecule has 0 amide bonds. The Hall–Kier alpha value is -1.14. The van der Waals surface area contributed by atoms with Crippen molar-refractivity contribution < 1.29 is 14.3 Å². The van der Waals surface area contributed by atoms with Gasteiger partial charge in [0, 0.05) is 19.1 Å². The van der Waals surface area contributed by atoms with Crippen molar-refractivity contribution in [1.29, 1.82) is 0 Å². The summed E-state index contributed by atoms with van der Waals surface area (Å²) >= 11 is 1.70. The number of nitrogens with zero attached hydrogens (tertiary/aromatic N) is 1. The van der Waals surface area contributed by atoms with Crippen LogP contribution in [0.15, 0.2) is 39.6 Å². The van der Waals surface area contributed by atoms with Crippen molar-refractivity contribution >= 4 is 11.3 Å². The summed E-state index contributed by atoms with van der Waals surface area (Å²) in [6.07, 6.45) is 1.12. The van der Waals surface area contributed by atoms with E-state index >= 15 is 0 Å². The smallest absolute Gasteiger partial charge is 0.129 e. The van der Waals surface area contributed by atoms with Gasteiger partial charge in [-0.05, 0) is 48.4 Å². The lowest BCUT2D eigenvalue weighted by atomic mass is 10.2. The van der Waals surface area contributed by atoms with Gasteiger partial charge >= 0.3 is 0 Å². The fraction of sp³-hybridized carbons (Fsp3) is 0.500. The van der Waals surface area contributed by atoms with E-state index in [2.05, 4.69) is 35.6 Å². The van der Waals surface area contributed by atoms with Crippen LogP contribution in [0.25, 0.3) is 0 Å². The van der Waals surface area contributed by atoms with E-state index in [4.69, 9.17) is 9.15 Å². The first kappa shape index (κ1) is 16.2. The lowest BCUT2D eigenvalue weighted by Crippen LogP contribution is -2.38. The normalized spacial score (nSPS) is 13.2. The van der Waals surface area contributed by atoms with E-state index in [1.54, 1.807) is 17.6 Å². The summed E-state index contributed by atoms with van der Waals surface area (Å²) in [5.41, 5.74) is 1.29. The molecular formula is C16H23NO3S. The molecule has 1 N–H and O–H groups in total. The molecular weight excluding hydrogens is 286 g/mol. The van der Waals surface area contributed by atoms with Gasteiger partial charge in [-0.2, -0.15) is 11.3 Å². The van der Waals surface area contributed by atoms with Crippen LogP contribution in [0.5, 0.6) is 0 Å². The number of hydrogen-bond acceptors (Lipinski definition) is 5. The highest BCUT2D eigenvalue weighted by molar-refractivity contribution is 7.07. The first-order chi connectivity index (χ1) is 10.1. The van der Waals surface area contributed by atoms with Crippen molar-refractivity contribution in [1.82, 2.24) is 4.90 Å². The number of hydrogen-bond donors (Lipinski definition) is 1. The maximum Gasteiger partial charge on any atom is 0.129 e. The Kier molecular flexibility index (Phi) is 6.45. The molecule has 0 unspecified atom stereocenters. The third kappa shape index (κ3) is 5.63. The van der Waals surface area contributed by atoms with E-state index in [1.807, 2.05) is 12.1 Å². The summed E-state index contributed by atoms with van der Waals surface area (Å²) < 4.78 is 10.7. The zero-order valence-electron chi connectivity index (χ0n) is 12.6. The van der Waals surface area contributed by atoms with E-state index in [0.29, 0.717) is 25.8 Å². The summed E-state index contributed by atoms with van der Waals surface area (Å²) in [6.45, 7) is 6.46. The highest BCUT2D eigenvalue weighted by atomic mass is 32.1. The lowest BCUT2D eigenvalue weighted by Gasteiger charge is -2.28. The zero-order chi connectivity index (χ0) is 15.1. The van der Waals surface area contributed by atoms with Crippen molar-refractivity contribution in [3.8, 4) is 0 Å². The van der Waals surface area contributed by atoms with Gasteiger partial charge < -0.3 is 14.3 Å². The fourth-order valence-corrected chi connectivity index (χ4v) is 2.75. The van der Waals surface area contributed by atoms with Gasteiger partial charge in [0.1, 0.15) is 12.4 Å². The van der Waals surface area contributed by atoms with Crippen molar-refractivity contribution in [3.63, 3.8) is 0 Å². The molecule has 0 saturated heterocycles. The maximum atomic E-state index is 10.1. The van der Waals surface area contributed by atoms with Crippen molar-refractivity contribution in [2.24, 2.45) is 0 Å². The predicted molar refractivity (Wildman–Crippen MR) is 84.2 cm³/mol. The van der Waals surface area contributed by atoms with Crippen LogP contribution in [-0.2, 0) is 17.9 Å². The van der Waals surface area contributed by atoms with Gasteiger partial charge in [-0.3, -0.25) is 4.90 Å². The highest BCUT2D eigenvalue weighted by Gasteiger charge is 2.15. The van der Waals surface area contributed by atoms with Crippen LogP contribution in [0.4, 0.5) is 0 Å². The molecule has 2 heterocycles. The Labute approximate surface area is 130 Å². The van der Waals surface area contributed by atoms with E-state index in [0.717, 1.165) is 12.3 Å². The third-order valence-corrected chi connectivity index (χ3v) is 4.01. The molecule has 0 radical (unpaired) electrons. The monoisotopic (exact) mass is 309 g/mol. The first-order valence-corrected chi connectivity index (χ1v) is 8.12. The number of aliphatic hydroxyl groups excluding tert-OH is 1.